The first-order valence-electron chi connectivity index (χ1n) is 4.87. The van der Waals surface area contributed by atoms with E-state index in [0.717, 1.165) is 12.8 Å². The van der Waals surface area contributed by atoms with Gasteiger partial charge in [-0.25, -0.2) is 0 Å². The van der Waals surface area contributed by atoms with Crippen molar-refractivity contribution in [2.24, 2.45) is 5.41 Å². The van der Waals surface area contributed by atoms with Gasteiger partial charge >= 0.3 is 0 Å². The maximum absolute atomic E-state index is 11.7. The summed E-state index contributed by atoms with van der Waals surface area (Å²) in [6.07, 6.45) is 4.42. The molecule has 1 aliphatic carbocycles. The molecule has 1 saturated carbocycles. The van der Waals surface area contributed by atoms with Crippen LogP contribution in [0, 0.1) is 17.3 Å². The topological polar surface area (TPSA) is 29.1 Å². The summed E-state index contributed by atoms with van der Waals surface area (Å²) in [5.74, 6) is 5.77. The first-order chi connectivity index (χ1) is 6.19. The molecule has 0 aliphatic heterocycles. The van der Waals surface area contributed by atoms with E-state index in [1.807, 2.05) is 0 Å². The van der Waals surface area contributed by atoms with Crippen LogP contribution < -0.4 is 5.32 Å². The number of hydrogen-bond acceptors (Lipinski definition) is 1. The highest BCUT2D eigenvalue weighted by molar-refractivity contribution is 5.82. The van der Waals surface area contributed by atoms with E-state index in [1.165, 1.54) is 12.8 Å². The van der Waals surface area contributed by atoms with Gasteiger partial charge < -0.3 is 5.32 Å². The molecule has 1 N–H and O–H groups in total. The molecule has 1 aliphatic rings. The summed E-state index contributed by atoms with van der Waals surface area (Å²) in [5.41, 5.74) is -0.116. The third-order valence-electron chi connectivity index (χ3n) is 2.77. The maximum atomic E-state index is 11.7. The summed E-state index contributed by atoms with van der Waals surface area (Å²) in [5, 5.41) is 2.85. The van der Waals surface area contributed by atoms with Crippen LogP contribution in [0.3, 0.4) is 0 Å². The van der Waals surface area contributed by atoms with Crippen LogP contribution in [0.25, 0.3) is 0 Å². The second-order valence-corrected chi connectivity index (χ2v) is 3.88. The molecule has 0 saturated heterocycles. The molecule has 1 rings (SSSR count). The summed E-state index contributed by atoms with van der Waals surface area (Å²) in [6, 6.07) is 0. The number of rotatable bonds is 2. The molecule has 0 unspecified atom stereocenters. The molecule has 0 atom stereocenters. The van der Waals surface area contributed by atoms with E-state index in [4.69, 9.17) is 0 Å². The maximum Gasteiger partial charge on any atom is 0.226 e. The van der Waals surface area contributed by atoms with E-state index in [-0.39, 0.29) is 11.3 Å². The lowest BCUT2D eigenvalue weighted by Gasteiger charge is -2.21. The number of nitrogens with one attached hydrogen (secondary N) is 1. The van der Waals surface area contributed by atoms with Crippen molar-refractivity contribution in [3.05, 3.63) is 0 Å². The fourth-order valence-corrected chi connectivity index (χ4v) is 1.81. The zero-order chi connectivity index (χ0) is 9.73. The Bertz CT molecular complexity index is 241. The molecule has 0 bridgehead atoms. The Morgan fingerprint density at radius 3 is 2.62 bits per heavy atom. The zero-order valence-corrected chi connectivity index (χ0v) is 8.44. The van der Waals surface area contributed by atoms with Crippen LogP contribution in [0.4, 0.5) is 0 Å². The molecular weight excluding hydrogens is 162 g/mol. The average Bonchev–Trinajstić information content (AvgIpc) is 2.54. The zero-order valence-electron chi connectivity index (χ0n) is 8.44. The molecule has 13 heavy (non-hydrogen) atoms. The van der Waals surface area contributed by atoms with E-state index < -0.39 is 0 Å². The quantitative estimate of drug-likeness (QED) is 0.642. The largest absolute Gasteiger partial charge is 0.345 e. The molecule has 0 aromatic carbocycles. The van der Waals surface area contributed by atoms with E-state index in [9.17, 15) is 4.79 Å². The van der Waals surface area contributed by atoms with Crippen LogP contribution in [0.1, 0.15) is 39.5 Å². The standard InChI is InChI=1S/C11H17NO/c1-3-4-9-12-10(13)11(2)7-5-6-8-11/h5-9H2,1-2H3,(H,12,13). The minimum atomic E-state index is -0.116. The van der Waals surface area contributed by atoms with Gasteiger partial charge in [-0.05, 0) is 19.8 Å². The molecule has 0 spiro atoms. The van der Waals surface area contributed by atoms with Crippen molar-refractivity contribution in [3.8, 4) is 11.8 Å². The Labute approximate surface area is 80.1 Å². The SMILES string of the molecule is CC#CCNC(=O)C1(C)CCCC1. The molecule has 2 nitrogen and oxygen atoms in total. The normalized spacial score (nSPS) is 18.9. The lowest BCUT2D eigenvalue weighted by molar-refractivity contribution is -0.129. The van der Waals surface area contributed by atoms with E-state index in [0.29, 0.717) is 6.54 Å². The van der Waals surface area contributed by atoms with Crippen molar-refractivity contribution in [1.82, 2.24) is 5.32 Å². The van der Waals surface area contributed by atoms with E-state index in [1.54, 1.807) is 6.92 Å². The molecule has 72 valence electrons. The van der Waals surface area contributed by atoms with Crippen molar-refractivity contribution in [1.29, 1.82) is 0 Å². The molecule has 0 aromatic heterocycles. The van der Waals surface area contributed by atoms with Crippen LogP contribution in [-0.2, 0) is 4.79 Å². The number of carbonyl (C=O) groups excluding carboxylic acids is 1. The Morgan fingerprint density at radius 1 is 1.46 bits per heavy atom. The minimum absolute atomic E-state index is 0.116. The Hall–Kier alpha value is -0.970. The van der Waals surface area contributed by atoms with Gasteiger partial charge in [0.1, 0.15) is 0 Å². The monoisotopic (exact) mass is 179 g/mol. The molecular formula is C11H17NO. The highest BCUT2D eigenvalue weighted by Crippen LogP contribution is 2.37. The predicted molar refractivity (Wildman–Crippen MR) is 53.0 cm³/mol. The highest BCUT2D eigenvalue weighted by atomic mass is 16.2. The van der Waals surface area contributed by atoms with Gasteiger partial charge in [-0.2, -0.15) is 0 Å². The summed E-state index contributed by atoms with van der Waals surface area (Å²) in [6.45, 7) is 4.32. The Balaban J connectivity index is 2.40. The molecule has 0 radical (unpaired) electrons. The van der Waals surface area contributed by atoms with Crippen molar-refractivity contribution in [2.45, 2.75) is 39.5 Å². The van der Waals surface area contributed by atoms with Gasteiger partial charge in [0.25, 0.3) is 0 Å². The number of amides is 1. The van der Waals surface area contributed by atoms with E-state index >= 15 is 0 Å². The van der Waals surface area contributed by atoms with Gasteiger partial charge in [0.2, 0.25) is 5.91 Å². The van der Waals surface area contributed by atoms with Gasteiger partial charge in [0.15, 0.2) is 0 Å². The van der Waals surface area contributed by atoms with Crippen molar-refractivity contribution < 1.29 is 4.79 Å². The number of carbonyl (C=O) groups is 1. The van der Waals surface area contributed by atoms with Crippen LogP contribution in [0.15, 0.2) is 0 Å². The lowest BCUT2D eigenvalue weighted by Crippen LogP contribution is -2.37. The first kappa shape index (κ1) is 10.1. The van der Waals surface area contributed by atoms with Crippen LogP contribution in [-0.4, -0.2) is 12.5 Å². The molecule has 2 heteroatoms. The fraction of sp³-hybridized carbons (Fsp3) is 0.727. The van der Waals surface area contributed by atoms with E-state index in [2.05, 4.69) is 24.1 Å². The van der Waals surface area contributed by atoms with Gasteiger partial charge in [-0.3, -0.25) is 4.79 Å². The summed E-state index contributed by atoms with van der Waals surface area (Å²) in [7, 11) is 0. The molecule has 1 amide bonds. The molecule has 1 fully saturated rings. The van der Waals surface area contributed by atoms with Crippen LogP contribution >= 0.6 is 0 Å². The van der Waals surface area contributed by atoms with Crippen molar-refractivity contribution in [2.75, 3.05) is 6.54 Å². The van der Waals surface area contributed by atoms with Gasteiger partial charge in [0.05, 0.1) is 6.54 Å². The van der Waals surface area contributed by atoms with Crippen LogP contribution in [0.5, 0.6) is 0 Å². The third-order valence-corrected chi connectivity index (χ3v) is 2.77. The second-order valence-electron chi connectivity index (χ2n) is 3.88. The van der Waals surface area contributed by atoms with Crippen molar-refractivity contribution in [3.63, 3.8) is 0 Å². The lowest BCUT2D eigenvalue weighted by atomic mass is 9.88. The summed E-state index contributed by atoms with van der Waals surface area (Å²) >= 11 is 0. The summed E-state index contributed by atoms with van der Waals surface area (Å²) in [4.78, 5) is 11.7. The van der Waals surface area contributed by atoms with Crippen LogP contribution in [0.2, 0.25) is 0 Å². The highest BCUT2D eigenvalue weighted by Gasteiger charge is 2.35. The smallest absolute Gasteiger partial charge is 0.226 e. The summed E-state index contributed by atoms with van der Waals surface area (Å²) < 4.78 is 0. The fourth-order valence-electron chi connectivity index (χ4n) is 1.81. The minimum Gasteiger partial charge on any atom is -0.345 e. The van der Waals surface area contributed by atoms with Gasteiger partial charge in [-0.1, -0.05) is 25.7 Å². The van der Waals surface area contributed by atoms with Crippen molar-refractivity contribution >= 4 is 5.91 Å². The second kappa shape index (κ2) is 4.32. The first-order valence-corrected chi connectivity index (χ1v) is 4.87. The predicted octanol–water partition coefficient (Wildman–Crippen LogP) is 1.71. The van der Waals surface area contributed by atoms with Gasteiger partial charge in [0, 0.05) is 5.41 Å². The third kappa shape index (κ3) is 2.48. The molecule has 0 heterocycles. The number of hydrogen-bond donors (Lipinski definition) is 1. The Morgan fingerprint density at radius 2 is 2.08 bits per heavy atom. The Kier molecular flexibility index (Phi) is 3.36. The van der Waals surface area contributed by atoms with Gasteiger partial charge in [-0.15, -0.1) is 5.92 Å². The molecule has 0 aromatic rings. The average molecular weight is 179 g/mol.